The Morgan fingerprint density at radius 2 is 1.86 bits per heavy atom. The van der Waals surface area contributed by atoms with E-state index in [9.17, 15) is 14.7 Å². The molecular weight excluding hydrogens is 268 g/mol. The molecule has 1 aliphatic heterocycles. The van der Waals surface area contributed by atoms with E-state index in [1.807, 2.05) is 23.6 Å². The van der Waals surface area contributed by atoms with Gasteiger partial charge in [0.2, 0.25) is 5.91 Å². The van der Waals surface area contributed by atoms with Crippen LogP contribution in [0.5, 0.6) is 0 Å². The first kappa shape index (κ1) is 16.3. The second-order valence-corrected chi connectivity index (χ2v) is 6.59. The SMILES string of the molecule is CCN(C(=O)CN1C[C@@H](C)[C@H](C(=O)O)C1)C1CCCCC1. The molecule has 1 saturated heterocycles. The first-order valence-corrected chi connectivity index (χ1v) is 8.27. The molecule has 0 bridgehead atoms. The summed E-state index contributed by atoms with van der Waals surface area (Å²) in [7, 11) is 0. The molecule has 1 heterocycles. The van der Waals surface area contributed by atoms with Crippen molar-refractivity contribution in [3.05, 3.63) is 0 Å². The van der Waals surface area contributed by atoms with Crippen molar-refractivity contribution in [3.63, 3.8) is 0 Å². The number of rotatable bonds is 5. The van der Waals surface area contributed by atoms with Gasteiger partial charge in [-0.1, -0.05) is 26.2 Å². The van der Waals surface area contributed by atoms with Gasteiger partial charge in [0.25, 0.3) is 0 Å². The molecule has 2 rings (SSSR count). The van der Waals surface area contributed by atoms with Crippen LogP contribution in [0.25, 0.3) is 0 Å². The Morgan fingerprint density at radius 1 is 1.19 bits per heavy atom. The Balaban J connectivity index is 1.89. The van der Waals surface area contributed by atoms with Crippen LogP contribution in [0.4, 0.5) is 0 Å². The molecule has 2 atom stereocenters. The third-order valence-electron chi connectivity index (χ3n) is 5.04. The number of carbonyl (C=O) groups is 2. The van der Waals surface area contributed by atoms with Gasteiger partial charge in [0.15, 0.2) is 0 Å². The summed E-state index contributed by atoms with van der Waals surface area (Å²) in [6, 6.07) is 0.395. The molecular formula is C16H28N2O3. The zero-order valence-electron chi connectivity index (χ0n) is 13.3. The lowest BCUT2D eigenvalue weighted by atomic mass is 9.94. The summed E-state index contributed by atoms with van der Waals surface area (Å²) in [5, 5.41) is 9.17. The van der Waals surface area contributed by atoms with Crippen molar-refractivity contribution in [1.82, 2.24) is 9.80 Å². The Hall–Kier alpha value is -1.10. The van der Waals surface area contributed by atoms with Crippen molar-refractivity contribution >= 4 is 11.9 Å². The number of likely N-dealkylation sites (N-methyl/N-ethyl adjacent to an activating group) is 1. The Labute approximate surface area is 127 Å². The van der Waals surface area contributed by atoms with Gasteiger partial charge in [0.1, 0.15) is 0 Å². The molecule has 0 unspecified atom stereocenters. The van der Waals surface area contributed by atoms with Crippen LogP contribution in [-0.4, -0.2) is 59.0 Å². The highest BCUT2D eigenvalue weighted by Gasteiger charge is 2.36. The first-order chi connectivity index (χ1) is 10.0. The maximum absolute atomic E-state index is 12.5. The minimum Gasteiger partial charge on any atom is -0.481 e. The van der Waals surface area contributed by atoms with Gasteiger partial charge < -0.3 is 10.0 Å². The third kappa shape index (κ3) is 3.96. The zero-order chi connectivity index (χ0) is 15.4. The molecule has 0 aromatic heterocycles. The molecule has 0 radical (unpaired) electrons. The van der Waals surface area contributed by atoms with E-state index in [4.69, 9.17) is 0 Å². The molecule has 1 N–H and O–H groups in total. The number of carboxylic acids is 1. The van der Waals surface area contributed by atoms with Gasteiger partial charge in [-0.3, -0.25) is 14.5 Å². The number of aliphatic carboxylic acids is 1. The number of hydrogen-bond donors (Lipinski definition) is 1. The lowest BCUT2D eigenvalue weighted by Crippen LogP contribution is -2.46. The average Bonchev–Trinajstić information content (AvgIpc) is 2.81. The van der Waals surface area contributed by atoms with Crippen molar-refractivity contribution in [2.75, 3.05) is 26.2 Å². The Bertz CT molecular complexity index is 380. The van der Waals surface area contributed by atoms with Crippen LogP contribution in [0.15, 0.2) is 0 Å². The maximum atomic E-state index is 12.5. The van der Waals surface area contributed by atoms with Crippen LogP contribution in [0.3, 0.4) is 0 Å². The zero-order valence-corrected chi connectivity index (χ0v) is 13.3. The van der Waals surface area contributed by atoms with E-state index in [1.165, 1.54) is 19.3 Å². The van der Waals surface area contributed by atoms with Crippen molar-refractivity contribution in [1.29, 1.82) is 0 Å². The molecule has 5 nitrogen and oxygen atoms in total. The van der Waals surface area contributed by atoms with Gasteiger partial charge in [-0.2, -0.15) is 0 Å². The van der Waals surface area contributed by atoms with Gasteiger partial charge in [-0.25, -0.2) is 0 Å². The minimum atomic E-state index is -0.739. The molecule has 0 aromatic rings. The van der Waals surface area contributed by atoms with Gasteiger partial charge in [0, 0.05) is 25.7 Å². The molecule has 1 saturated carbocycles. The van der Waals surface area contributed by atoms with Gasteiger partial charge >= 0.3 is 5.97 Å². The van der Waals surface area contributed by atoms with Crippen LogP contribution in [0.1, 0.15) is 46.0 Å². The first-order valence-electron chi connectivity index (χ1n) is 8.27. The standard InChI is InChI=1S/C16H28N2O3/c1-3-18(13-7-5-4-6-8-13)15(19)11-17-9-12(2)14(10-17)16(20)21/h12-14H,3-11H2,1-2H3,(H,20,21)/t12-,14-/m1/s1. The monoisotopic (exact) mass is 296 g/mol. The fourth-order valence-electron chi connectivity index (χ4n) is 3.83. The maximum Gasteiger partial charge on any atom is 0.308 e. The van der Waals surface area contributed by atoms with Crippen LogP contribution in [-0.2, 0) is 9.59 Å². The molecule has 0 spiro atoms. The minimum absolute atomic E-state index is 0.125. The summed E-state index contributed by atoms with van der Waals surface area (Å²) >= 11 is 0. The van der Waals surface area contributed by atoms with E-state index in [1.54, 1.807) is 0 Å². The summed E-state index contributed by atoms with van der Waals surface area (Å²) in [5.41, 5.74) is 0. The third-order valence-corrected chi connectivity index (χ3v) is 5.04. The molecule has 1 amide bonds. The van der Waals surface area contributed by atoms with E-state index in [0.29, 0.717) is 25.7 Å². The molecule has 0 aromatic carbocycles. The highest BCUT2D eigenvalue weighted by atomic mass is 16.4. The van der Waals surface area contributed by atoms with Crippen molar-refractivity contribution < 1.29 is 14.7 Å². The topological polar surface area (TPSA) is 60.9 Å². The smallest absolute Gasteiger partial charge is 0.308 e. The highest BCUT2D eigenvalue weighted by molar-refractivity contribution is 5.79. The lowest BCUT2D eigenvalue weighted by Gasteiger charge is -2.34. The predicted molar refractivity (Wildman–Crippen MR) is 81.0 cm³/mol. The fourth-order valence-corrected chi connectivity index (χ4v) is 3.83. The Kier molecular flexibility index (Phi) is 5.62. The molecule has 120 valence electrons. The van der Waals surface area contributed by atoms with E-state index in [-0.39, 0.29) is 17.7 Å². The summed E-state index contributed by atoms with van der Waals surface area (Å²) < 4.78 is 0. The lowest BCUT2D eigenvalue weighted by molar-refractivity contribution is -0.142. The number of carbonyl (C=O) groups excluding carboxylic acids is 1. The average molecular weight is 296 g/mol. The number of hydrogen-bond acceptors (Lipinski definition) is 3. The molecule has 2 aliphatic rings. The highest BCUT2D eigenvalue weighted by Crippen LogP contribution is 2.25. The quantitative estimate of drug-likeness (QED) is 0.840. The molecule has 21 heavy (non-hydrogen) atoms. The normalized spacial score (nSPS) is 27.7. The van der Waals surface area contributed by atoms with Crippen LogP contribution in [0.2, 0.25) is 0 Å². The predicted octanol–water partition coefficient (Wildman–Crippen LogP) is 1.82. The van der Waals surface area contributed by atoms with Crippen molar-refractivity contribution in [2.24, 2.45) is 11.8 Å². The summed E-state index contributed by atoms with van der Waals surface area (Å²) in [5.74, 6) is -0.776. The summed E-state index contributed by atoms with van der Waals surface area (Å²) in [6.45, 7) is 6.35. The van der Waals surface area contributed by atoms with E-state index in [2.05, 4.69) is 0 Å². The van der Waals surface area contributed by atoms with Crippen molar-refractivity contribution in [2.45, 2.75) is 52.0 Å². The molecule has 2 fully saturated rings. The number of amides is 1. The molecule has 5 heteroatoms. The number of likely N-dealkylation sites (tertiary alicyclic amines) is 1. The van der Waals surface area contributed by atoms with Gasteiger partial charge in [0.05, 0.1) is 12.5 Å². The Morgan fingerprint density at radius 3 is 2.38 bits per heavy atom. The fraction of sp³-hybridized carbons (Fsp3) is 0.875. The second kappa shape index (κ2) is 7.25. The van der Waals surface area contributed by atoms with E-state index >= 15 is 0 Å². The van der Waals surface area contributed by atoms with Crippen LogP contribution >= 0.6 is 0 Å². The van der Waals surface area contributed by atoms with E-state index < -0.39 is 5.97 Å². The summed E-state index contributed by atoms with van der Waals surface area (Å²) in [4.78, 5) is 27.7. The summed E-state index contributed by atoms with van der Waals surface area (Å²) in [6.07, 6.45) is 5.96. The van der Waals surface area contributed by atoms with Gasteiger partial charge in [-0.15, -0.1) is 0 Å². The van der Waals surface area contributed by atoms with Crippen LogP contribution < -0.4 is 0 Å². The number of nitrogens with zero attached hydrogens (tertiary/aromatic N) is 2. The number of carboxylic acid groups (broad SMARTS) is 1. The van der Waals surface area contributed by atoms with Gasteiger partial charge in [-0.05, 0) is 25.7 Å². The van der Waals surface area contributed by atoms with Crippen molar-refractivity contribution in [3.8, 4) is 0 Å². The molecule has 1 aliphatic carbocycles. The van der Waals surface area contributed by atoms with E-state index in [0.717, 1.165) is 19.4 Å². The largest absolute Gasteiger partial charge is 0.481 e. The second-order valence-electron chi connectivity index (χ2n) is 6.59. The van der Waals surface area contributed by atoms with Crippen LogP contribution in [0, 0.1) is 11.8 Å².